The molecule has 1 aromatic heterocycles. The highest BCUT2D eigenvalue weighted by Gasteiger charge is 2.38. The summed E-state index contributed by atoms with van der Waals surface area (Å²) in [5.41, 5.74) is -0.786. The first-order valence-electron chi connectivity index (χ1n) is 6.24. The number of alkyl halides is 3. The zero-order chi connectivity index (χ0) is 14.5. The van der Waals surface area contributed by atoms with Gasteiger partial charge in [-0.15, -0.1) is 11.3 Å². The van der Waals surface area contributed by atoms with Crippen molar-refractivity contribution in [3.63, 3.8) is 0 Å². The largest absolute Gasteiger partial charge is 0.434 e. The minimum absolute atomic E-state index is 0.195. The quantitative estimate of drug-likeness (QED) is 0.778. The van der Waals surface area contributed by atoms with Crippen molar-refractivity contribution in [3.8, 4) is 0 Å². The lowest BCUT2D eigenvalue weighted by Gasteiger charge is -2.08. The Kier molecular flexibility index (Phi) is 6.22. The van der Waals surface area contributed by atoms with Crippen LogP contribution in [0, 0.1) is 0 Å². The zero-order valence-electron chi connectivity index (χ0n) is 11.3. The summed E-state index contributed by atoms with van der Waals surface area (Å²) < 4.78 is 43.9. The molecule has 0 aromatic carbocycles. The molecule has 1 aromatic rings. The van der Waals surface area contributed by atoms with Crippen LogP contribution in [0.1, 0.15) is 48.4 Å². The van der Waals surface area contributed by atoms with Gasteiger partial charge in [0.05, 0.1) is 4.88 Å². The molecule has 3 nitrogen and oxygen atoms in total. The van der Waals surface area contributed by atoms with Gasteiger partial charge >= 0.3 is 6.18 Å². The number of aromatic nitrogens is 1. The lowest BCUT2D eigenvalue weighted by molar-refractivity contribution is -0.141. The van der Waals surface area contributed by atoms with Crippen molar-refractivity contribution in [2.45, 2.75) is 45.5 Å². The summed E-state index contributed by atoms with van der Waals surface area (Å²) in [7, 11) is 1.48. The predicted octanol–water partition coefficient (Wildman–Crippen LogP) is 3.76. The first-order valence-corrected chi connectivity index (χ1v) is 7.05. The number of thiazole rings is 1. The first kappa shape index (κ1) is 16.4. The van der Waals surface area contributed by atoms with Gasteiger partial charge in [0.15, 0.2) is 5.69 Å². The molecule has 0 aliphatic heterocycles. The maximum absolute atomic E-state index is 12.9. The number of rotatable bonds is 7. The average molecular weight is 296 g/mol. The van der Waals surface area contributed by atoms with Crippen LogP contribution in [0.4, 0.5) is 13.2 Å². The molecular formula is C12H19F3N2OS. The average Bonchev–Trinajstić information content (AvgIpc) is 2.75. The van der Waals surface area contributed by atoms with Crippen LogP contribution in [-0.2, 0) is 17.5 Å². The second-order valence-corrected chi connectivity index (χ2v) is 5.25. The summed E-state index contributed by atoms with van der Waals surface area (Å²) in [6.45, 7) is 4.71. The second kappa shape index (κ2) is 7.21. The molecule has 110 valence electrons. The predicted molar refractivity (Wildman–Crippen MR) is 69.2 cm³/mol. The topological polar surface area (TPSA) is 34.1 Å². The molecule has 1 rings (SSSR count). The third kappa shape index (κ3) is 4.43. The van der Waals surface area contributed by atoms with Crippen LogP contribution in [0.15, 0.2) is 0 Å². The molecule has 0 aliphatic carbocycles. The number of ether oxygens (including phenoxy) is 1. The van der Waals surface area contributed by atoms with Crippen molar-refractivity contribution in [1.82, 2.24) is 10.3 Å². The molecule has 0 fully saturated rings. The fraction of sp³-hybridized carbons (Fsp3) is 0.750. The van der Waals surface area contributed by atoms with E-state index in [4.69, 9.17) is 4.74 Å². The van der Waals surface area contributed by atoms with Crippen molar-refractivity contribution in [2.24, 2.45) is 0 Å². The minimum Gasteiger partial charge on any atom is -0.374 e. The molecule has 0 amide bonds. The molecule has 1 heterocycles. The highest BCUT2D eigenvalue weighted by atomic mass is 32.1. The highest BCUT2D eigenvalue weighted by molar-refractivity contribution is 7.11. The molecule has 0 bridgehead atoms. The van der Waals surface area contributed by atoms with Gasteiger partial charge in [-0.25, -0.2) is 4.98 Å². The van der Waals surface area contributed by atoms with Crippen LogP contribution in [0.5, 0.6) is 0 Å². The summed E-state index contributed by atoms with van der Waals surface area (Å²) in [5.74, 6) is 0. The zero-order valence-corrected chi connectivity index (χ0v) is 12.1. The fourth-order valence-electron chi connectivity index (χ4n) is 1.67. The van der Waals surface area contributed by atoms with Crippen molar-refractivity contribution < 1.29 is 17.9 Å². The van der Waals surface area contributed by atoms with Gasteiger partial charge in [0.25, 0.3) is 0 Å². The van der Waals surface area contributed by atoms with Gasteiger partial charge in [0.2, 0.25) is 0 Å². The van der Waals surface area contributed by atoms with E-state index in [1.165, 1.54) is 7.11 Å². The van der Waals surface area contributed by atoms with E-state index in [1.807, 2.05) is 13.8 Å². The van der Waals surface area contributed by atoms with Crippen LogP contribution in [0.25, 0.3) is 0 Å². The Bertz CT molecular complexity index is 389. The van der Waals surface area contributed by atoms with Gasteiger partial charge in [-0.1, -0.05) is 13.8 Å². The maximum Gasteiger partial charge on any atom is 0.434 e. The van der Waals surface area contributed by atoms with Crippen molar-refractivity contribution >= 4 is 11.3 Å². The molecule has 19 heavy (non-hydrogen) atoms. The number of methoxy groups -OCH3 is 1. The third-order valence-electron chi connectivity index (χ3n) is 2.63. The van der Waals surface area contributed by atoms with E-state index in [1.54, 1.807) is 0 Å². The number of nitrogens with one attached hydrogen (secondary N) is 1. The van der Waals surface area contributed by atoms with Crippen molar-refractivity contribution in [2.75, 3.05) is 13.7 Å². The Morgan fingerprint density at radius 3 is 2.53 bits per heavy atom. The van der Waals surface area contributed by atoms with Crippen LogP contribution in [0.3, 0.4) is 0 Å². The van der Waals surface area contributed by atoms with E-state index in [-0.39, 0.29) is 17.5 Å². The van der Waals surface area contributed by atoms with E-state index in [2.05, 4.69) is 10.3 Å². The van der Waals surface area contributed by atoms with E-state index in [9.17, 15) is 13.2 Å². The lowest BCUT2D eigenvalue weighted by Crippen LogP contribution is -2.17. The third-order valence-corrected chi connectivity index (χ3v) is 3.77. The molecule has 7 heteroatoms. The molecule has 0 saturated carbocycles. The number of nitrogens with zero attached hydrogens (tertiary/aromatic N) is 1. The molecule has 1 unspecified atom stereocenters. The molecular weight excluding hydrogens is 277 g/mol. The van der Waals surface area contributed by atoms with Gasteiger partial charge in [-0.2, -0.15) is 13.2 Å². The van der Waals surface area contributed by atoms with Gasteiger partial charge in [0.1, 0.15) is 11.1 Å². The van der Waals surface area contributed by atoms with Gasteiger partial charge < -0.3 is 10.1 Å². The number of hydrogen-bond acceptors (Lipinski definition) is 4. The minimum atomic E-state index is -4.41. The van der Waals surface area contributed by atoms with Crippen LogP contribution in [-0.4, -0.2) is 18.6 Å². The molecule has 0 spiro atoms. The SMILES string of the molecule is CCCNCc1sc(C(CC)OC)nc1C(F)(F)F. The molecule has 0 radical (unpaired) electrons. The lowest BCUT2D eigenvalue weighted by atomic mass is 10.3. The summed E-state index contributed by atoms with van der Waals surface area (Å²) in [4.78, 5) is 3.96. The van der Waals surface area contributed by atoms with Crippen LogP contribution >= 0.6 is 11.3 Å². The van der Waals surface area contributed by atoms with Gasteiger partial charge in [0, 0.05) is 13.7 Å². The second-order valence-electron chi connectivity index (χ2n) is 4.13. The summed E-state index contributed by atoms with van der Waals surface area (Å²) >= 11 is 1.08. The first-order chi connectivity index (χ1) is 8.93. The fourth-order valence-corrected chi connectivity index (χ4v) is 2.89. The van der Waals surface area contributed by atoms with Crippen molar-refractivity contribution in [3.05, 3.63) is 15.6 Å². The number of hydrogen-bond donors (Lipinski definition) is 1. The summed E-state index contributed by atoms with van der Waals surface area (Å²) in [5, 5.41) is 3.38. The van der Waals surface area contributed by atoms with E-state index < -0.39 is 11.9 Å². The highest BCUT2D eigenvalue weighted by Crippen LogP contribution is 2.37. The van der Waals surface area contributed by atoms with Crippen LogP contribution < -0.4 is 5.32 Å². The maximum atomic E-state index is 12.9. The Morgan fingerprint density at radius 1 is 1.37 bits per heavy atom. The standard InChI is InChI=1S/C12H19F3N2OS/c1-4-6-16-7-9-10(12(13,14)15)17-11(19-9)8(5-2)18-3/h8,16H,4-7H2,1-3H3. The Balaban J connectivity index is 2.98. The van der Waals surface area contributed by atoms with Crippen LogP contribution in [0.2, 0.25) is 0 Å². The molecule has 0 saturated heterocycles. The van der Waals surface area contributed by atoms with E-state index >= 15 is 0 Å². The van der Waals surface area contributed by atoms with Crippen molar-refractivity contribution in [1.29, 1.82) is 0 Å². The molecule has 1 N–H and O–H groups in total. The smallest absolute Gasteiger partial charge is 0.374 e. The summed E-state index contributed by atoms with van der Waals surface area (Å²) in [6.07, 6.45) is -3.30. The van der Waals surface area contributed by atoms with Gasteiger partial charge in [-0.05, 0) is 19.4 Å². The van der Waals surface area contributed by atoms with E-state index in [0.29, 0.717) is 18.0 Å². The normalized spacial score (nSPS) is 13.8. The van der Waals surface area contributed by atoms with E-state index in [0.717, 1.165) is 17.8 Å². The van der Waals surface area contributed by atoms with Gasteiger partial charge in [-0.3, -0.25) is 0 Å². The molecule has 0 aliphatic rings. The Hall–Kier alpha value is -0.660. The summed E-state index contributed by atoms with van der Waals surface area (Å²) in [6, 6.07) is 0. The number of halogens is 3. The Labute approximate surface area is 115 Å². The Morgan fingerprint density at radius 2 is 2.05 bits per heavy atom. The molecule has 1 atom stereocenters. The monoisotopic (exact) mass is 296 g/mol.